The third-order valence-corrected chi connectivity index (χ3v) is 5.87. The van der Waals surface area contributed by atoms with Crippen LogP contribution < -0.4 is 5.32 Å². The van der Waals surface area contributed by atoms with Crippen molar-refractivity contribution in [2.75, 3.05) is 6.54 Å². The highest BCUT2D eigenvalue weighted by Gasteiger charge is 2.13. The normalized spacial score (nSPS) is 11.1. The summed E-state index contributed by atoms with van der Waals surface area (Å²) in [6.07, 6.45) is 1.14. The highest BCUT2D eigenvalue weighted by Crippen LogP contribution is 2.32. The van der Waals surface area contributed by atoms with Gasteiger partial charge in [0.2, 0.25) is 5.82 Å². The van der Waals surface area contributed by atoms with Gasteiger partial charge in [-0.05, 0) is 77.5 Å². The van der Waals surface area contributed by atoms with E-state index in [9.17, 15) is 0 Å². The average Bonchev–Trinajstić information content (AvgIpc) is 3.38. The van der Waals surface area contributed by atoms with Crippen LogP contribution in [0.3, 0.4) is 0 Å². The van der Waals surface area contributed by atoms with Gasteiger partial charge in [-0.3, -0.25) is 0 Å². The van der Waals surface area contributed by atoms with Crippen molar-refractivity contribution in [2.24, 2.45) is 0 Å². The number of nitrogens with zero attached hydrogens (tertiary/aromatic N) is 2. The van der Waals surface area contributed by atoms with Gasteiger partial charge in [-0.1, -0.05) is 42.4 Å². The first-order valence-electron chi connectivity index (χ1n) is 9.93. The Kier molecular flexibility index (Phi) is 5.88. The molecule has 148 valence electrons. The van der Waals surface area contributed by atoms with Gasteiger partial charge in [0.1, 0.15) is 0 Å². The van der Waals surface area contributed by atoms with Gasteiger partial charge in [0.15, 0.2) is 0 Å². The van der Waals surface area contributed by atoms with Crippen LogP contribution >= 0.6 is 11.3 Å². The second kappa shape index (κ2) is 8.72. The van der Waals surface area contributed by atoms with Crippen LogP contribution in [-0.4, -0.2) is 16.7 Å². The fourth-order valence-electron chi connectivity index (χ4n) is 3.37. The van der Waals surface area contributed by atoms with Gasteiger partial charge in [0, 0.05) is 17.7 Å². The summed E-state index contributed by atoms with van der Waals surface area (Å²) >= 11 is 1.73. The van der Waals surface area contributed by atoms with E-state index in [1.165, 1.54) is 27.8 Å². The van der Waals surface area contributed by atoms with E-state index in [0.29, 0.717) is 11.7 Å². The lowest BCUT2D eigenvalue weighted by Crippen LogP contribution is -2.13. The fraction of sp³-hybridized carbons (Fsp3) is 0.250. The minimum Gasteiger partial charge on any atom is -0.334 e. The molecule has 4 nitrogen and oxygen atoms in total. The van der Waals surface area contributed by atoms with Crippen molar-refractivity contribution in [3.05, 3.63) is 69.9 Å². The van der Waals surface area contributed by atoms with Gasteiger partial charge in [-0.2, -0.15) is 16.3 Å². The first kappa shape index (κ1) is 19.6. The number of thiophene rings is 1. The van der Waals surface area contributed by atoms with E-state index in [2.05, 4.69) is 77.3 Å². The molecule has 0 fully saturated rings. The molecule has 29 heavy (non-hydrogen) atoms. The lowest BCUT2D eigenvalue weighted by atomic mass is 9.98. The molecule has 0 radical (unpaired) electrons. The molecule has 0 atom stereocenters. The smallest absolute Gasteiger partial charge is 0.258 e. The first-order valence-corrected chi connectivity index (χ1v) is 10.9. The standard InChI is InChI=1S/C24H25N3OS/c1-4-11-25-13-18-5-7-19(8-6-18)23-26-24(28-27-23)20-9-10-21(16(2)12-20)22-15-29-14-17(22)3/h5-10,12,14-15,25H,4,11,13H2,1-3H3. The van der Waals surface area contributed by atoms with E-state index in [4.69, 9.17) is 4.52 Å². The predicted molar refractivity (Wildman–Crippen MR) is 120 cm³/mol. The molecule has 2 heterocycles. The molecule has 2 aromatic heterocycles. The highest BCUT2D eigenvalue weighted by molar-refractivity contribution is 7.08. The van der Waals surface area contributed by atoms with Crippen LogP contribution in [0, 0.1) is 13.8 Å². The number of hydrogen-bond donors (Lipinski definition) is 1. The third kappa shape index (κ3) is 4.31. The van der Waals surface area contributed by atoms with Crippen molar-refractivity contribution in [3.8, 4) is 34.0 Å². The van der Waals surface area contributed by atoms with Gasteiger partial charge in [-0.25, -0.2) is 0 Å². The summed E-state index contributed by atoms with van der Waals surface area (Å²) in [6.45, 7) is 8.34. The van der Waals surface area contributed by atoms with Crippen LogP contribution in [0.15, 0.2) is 57.7 Å². The van der Waals surface area contributed by atoms with Crippen molar-refractivity contribution < 1.29 is 4.52 Å². The predicted octanol–water partition coefficient (Wildman–Crippen LogP) is 6.25. The maximum Gasteiger partial charge on any atom is 0.258 e. The van der Waals surface area contributed by atoms with E-state index in [0.717, 1.165) is 30.6 Å². The number of hydrogen-bond acceptors (Lipinski definition) is 5. The molecule has 4 aromatic rings. The van der Waals surface area contributed by atoms with E-state index < -0.39 is 0 Å². The number of aryl methyl sites for hydroxylation is 2. The molecule has 0 aliphatic carbocycles. The Bertz CT molecular complexity index is 1100. The molecule has 0 aliphatic heterocycles. The zero-order valence-corrected chi connectivity index (χ0v) is 17.8. The summed E-state index contributed by atoms with van der Waals surface area (Å²) < 4.78 is 5.55. The lowest BCUT2D eigenvalue weighted by molar-refractivity contribution is 0.432. The topological polar surface area (TPSA) is 51.0 Å². The Morgan fingerprint density at radius 3 is 2.41 bits per heavy atom. The molecule has 0 spiro atoms. The number of nitrogens with one attached hydrogen (secondary N) is 1. The summed E-state index contributed by atoms with van der Waals surface area (Å²) in [5.41, 5.74) is 8.20. The number of rotatable bonds is 7. The van der Waals surface area contributed by atoms with Gasteiger partial charge >= 0.3 is 0 Å². The molecule has 0 bridgehead atoms. The van der Waals surface area contributed by atoms with Crippen molar-refractivity contribution in [1.82, 2.24) is 15.5 Å². The second-order valence-electron chi connectivity index (χ2n) is 7.30. The minimum atomic E-state index is 0.547. The number of aromatic nitrogens is 2. The average molecular weight is 404 g/mol. The van der Waals surface area contributed by atoms with Gasteiger partial charge in [-0.15, -0.1) is 0 Å². The largest absolute Gasteiger partial charge is 0.334 e. The Balaban J connectivity index is 1.53. The zero-order valence-electron chi connectivity index (χ0n) is 17.0. The highest BCUT2D eigenvalue weighted by atomic mass is 32.1. The van der Waals surface area contributed by atoms with Crippen molar-refractivity contribution in [2.45, 2.75) is 33.7 Å². The Hall–Kier alpha value is -2.76. The summed E-state index contributed by atoms with van der Waals surface area (Å²) in [5.74, 6) is 1.16. The summed E-state index contributed by atoms with van der Waals surface area (Å²) in [5, 5.41) is 12.0. The van der Waals surface area contributed by atoms with Crippen molar-refractivity contribution in [1.29, 1.82) is 0 Å². The quantitative estimate of drug-likeness (QED) is 0.371. The molecule has 1 N–H and O–H groups in total. The Morgan fingerprint density at radius 1 is 0.931 bits per heavy atom. The lowest BCUT2D eigenvalue weighted by Gasteiger charge is -2.06. The van der Waals surface area contributed by atoms with Gasteiger partial charge in [0.05, 0.1) is 0 Å². The molecule has 4 rings (SSSR count). The summed E-state index contributed by atoms with van der Waals surface area (Å²) in [7, 11) is 0. The van der Waals surface area contributed by atoms with E-state index in [1.807, 2.05) is 12.1 Å². The molecule has 2 aromatic carbocycles. The minimum absolute atomic E-state index is 0.547. The molecule has 0 saturated carbocycles. The SMILES string of the molecule is CCCNCc1ccc(-c2noc(-c3ccc(-c4cscc4C)c(C)c3)n2)cc1. The molecule has 0 aliphatic rings. The van der Waals surface area contributed by atoms with Crippen LogP contribution in [0.25, 0.3) is 34.0 Å². The van der Waals surface area contributed by atoms with Crippen LogP contribution in [-0.2, 0) is 6.54 Å². The van der Waals surface area contributed by atoms with E-state index >= 15 is 0 Å². The Morgan fingerprint density at radius 2 is 1.72 bits per heavy atom. The van der Waals surface area contributed by atoms with E-state index in [1.54, 1.807) is 11.3 Å². The van der Waals surface area contributed by atoms with Crippen LogP contribution in [0.5, 0.6) is 0 Å². The molecule has 0 amide bonds. The van der Waals surface area contributed by atoms with Crippen LogP contribution in [0.1, 0.15) is 30.0 Å². The van der Waals surface area contributed by atoms with Crippen molar-refractivity contribution >= 4 is 11.3 Å². The van der Waals surface area contributed by atoms with Crippen LogP contribution in [0.4, 0.5) is 0 Å². The zero-order chi connectivity index (χ0) is 20.2. The molecule has 0 unspecified atom stereocenters. The molecule has 5 heteroatoms. The van der Waals surface area contributed by atoms with Crippen molar-refractivity contribution in [3.63, 3.8) is 0 Å². The monoisotopic (exact) mass is 403 g/mol. The molecular weight excluding hydrogens is 378 g/mol. The number of benzene rings is 2. The van der Waals surface area contributed by atoms with Gasteiger partial charge in [0.25, 0.3) is 5.89 Å². The Labute approximate surface area is 175 Å². The van der Waals surface area contributed by atoms with E-state index in [-0.39, 0.29) is 0 Å². The molecular formula is C24H25N3OS. The maximum atomic E-state index is 5.55. The fourth-order valence-corrected chi connectivity index (χ4v) is 4.22. The third-order valence-electron chi connectivity index (χ3n) is 5.01. The summed E-state index contributed by atoms with van der Waals surface area (Å²) in [4.78, 5) is 4.62. The molecule has 0 saturated heterocycles. The van der Waals surface area contributed by atoms with Gasteiger partial charge < -0.3 is 9.84 Å². The van der Waals surface area contributed by atoms with Crippen LogP contribution in [0.2, 0.25) is 0 Å². The first-order chi connectivity index (χ1) is 14.2. The maximum absolute atomic E-state index is 5.55. The summed E-state index contributed by atoms with van der Waals surface area (Å²) in [6, 6.07) is 14.6. The second-order valence-corrected chi connectivity index (χ2v) is 8.04.